The Morgan fingerprint density at radius 1 is 1.40 bits per heavy atom. The van der Waals surface area contributed by atoms with Crippen LogP contribution in [0.3, 0.4) is 0 Å². The molecule has 90 valence electrons. The van der Waals surface area contributed by atoms with Gasteiger partial charge in [0, 0.05) is 6.61 Å². The van der Waals surface area contributed by atoms with Gasteiger partial charge >= 0.3 is 0 Å². The number of rotatable bonds is 8. The molecular formula is C13H27NO. The molecule has 15 heavy (non-hydrogen) atoms. The minimum atomic E-state index is 0.585. The Morgan fingerprint density at radius 2 is 2.27 bits per heavy atom. The molecule has 1 N–H and O–H groups in total. The Kier molecular flexibility index (Phi) is 7.03. The Morgan fingerprint density at radius 3 is 2.87 bits per heavy atom. The third kappa shape index (κ3) is 5.53. The first-order valence-corrected chi connectivity index (χ1v) is 6.63. The van der Waals surface area contributed by atoms with E-state index in [1.807, 2.05) is 0 Å². The monoisotopic (exact) mass is 213 g/mol. The molecule has 0 aromatic carbocycles. The molecule has 0 aliphatic carbocycles. The van der Waals surface area contributed by atoms with E-state index in [9.17, 15) is 0 Å². The lowest BCUT2D eigenvalue weighted by molar-refractivity contribution is 0.100. The summed E-state index contributed by atoms with van der Waals surface area (Å²) in [5.74, 6) is 0.876. The second-order valence-electron chi connectivity index (χ2n) is 4.78. The smallest absolute Gasteiger partial charge is 0.0576 e. The molecule has 1 rings (SSSR count). The van der Waals surface area contributed by atoms with Gasteiger partial charge in [0.1, 0.15) is 0 Å². The lowest BCUT2D eigenvalue weighted by Gasteiger charge is -2.16. The van der Waals surface area contributed by atoms with E-state index in [4.69, 9.17) is 4.74 Å². The van der Waals surface area contributed by atoms with Crippen LogP contribution in [0.25, 0.3) is 0 Å². The number of hydrogen-bond acceptors (Lipinski definition) is 2. The first-order chi connectivity index (χ1) is 7.36. The molecule has 0 aromatic rings. The fraction of sp³-hybridized carbons (Fsp3) is 1.00. The molecule has 1 aliphatic heterocycles. The lowest BCUT2D eigenvalue weighted by atomic mass is 9.95. The van der Waals surface area contributed by atoms with Crippen molar-refractivity contribution in [2.75, 3.05) is 20.2 Å². The molecular weight excluding hydrogens is 186 g/mol. The van der Waals surface area contributed by atoms with Gasteiger partial charge in [-0.1, -0.05) is 19.8 Å². The highest BCUT2D eigenvalue weighted by atomic mass is 16.5. The third-order valence-corrected chi connectivity index (χ3v) is 3.35. The molecule has 1 saturated heterocycles. The molecule has 1 heterocycles. The maximum absolute atomic E-state index is 5.64. The second-order valence-corrected chi connectivity index (χ2v) is 4.78. The van der Waals surface area contributed by atoms with Crippen LogP contribution < -0.4 is 5.32 Å². The molecule has 0 spiro atoms. The zero-order chi connectivity index (χ0) is 10.9. The minimum absolute atomic E-state index is 0.585. The average Bonchev–Trinajstić information content (AvgIpc) is 2.71. The summed E-state index contributed by atoms with van der Waals surface area (Å²) in [6.07, 6.45) is 9.83. The van der Waals surface area contributed by atoms with Crippen LogP contribution in [0.2, 0.25) is 0 Å². The van der Waals surface area contributed by atoms with Gasteiger partial charge in [0.2, 0.25) is 0 Å². The summed E-state index contributed by atoms with van der Waals surface area (Å²) < 4.78 is 5.64. The van der Waals surface area contributed by atoms with Crippen molar-refractivity contribution in [3.8, 4) is 0 Å². The van der Waals surface area contributed by atoms with Crippen LogP contribution in [0.15, 0.2) is 0 Å². The van der Waals surface area contributed by atoms with Crippen molar-refractivity contribution < 1.29 is 4.74 Å². The Labute approximate surface area is 94.8 Å². The Bertz CT molecular complexity index is 137. The van der Waals surface area contributed by atoms with Gasteiger partial charge in [-0.2, -0.15) is 0 Å². The van der Waals surface area contributed by atoms with E-state index >= 15 is 0 Å². The number of hydrogen-bond donors (Lipinski definition) is 1. The number of ether oxygens (including phenoxy) is 1. The van der Waals surface area contributed by atoms with Crippen molar-refractivity contribution in [3.63, 3.8) is 0 Å². The van der Waals surface area contributed by atoms with Crippen LogP contribution in [0.5, 0.6) is 0 Å². The maximum atomic E-state index is 5.64. The van der Waals surface area contributed by atoms with Crippen LogP contribution in [0.4, 0.5) is 0 Å². The van der Waals surface area contributed by atoms with Gasteiger partial charge < -0.3 is 10.1 Å². The molecule has 1 aliphatic rings. The summed E-state index contributed by atoms with van der Waals surface area (Å²) in [6, 6.07) is 0. The molecule has 0 amide bonds. The molecule has 2 nitrogen and oxygen atoms in total. The molecule has 2 heteroatoms. The van der Waals surface area contributed by atoms with E-state index < -0.39 is 0 Å². The summed E-state index contributed by atoms with van der Waals surface area (Å²) in [5.41, 5.74) is 0. The summed E-state index contributed by atoms with van der Waals surface area (Å²) in [4.78, 5) is 0. The van der Waals surface area contributed by atoms with E-state index in [-0.39, 0.29) is 0 Å². The summed E-state index contributed by atoms with van der Waals surface area (Å²) >= 11 is 0. The third-order valence-electron chi connectivity index (χ3n) is 3.35. The van der Waals surface area contributed by atoms with Crippen LogP contribution in [0.1, 0.15) is 51.9 Å². The summed E-state index contributed by atoms with van der Waals surface area (Å²) in [7, 11) is 2.06. The second kappa shape index (κ2) is 8.12. The van der Waals surface area contributed by atoms with Crippen molar-refractivity contribution in [1.82, 2.24) is 5.32 Å². The minimum Gasteiger partial charge on any atom is -0.378 e. The van der Waals surface area contributed by atoms with Gasteiger partial charge in [-0.25, -0.2) is 0 Å². The van der Waals surface area contributed by atoms with Crippen molar-refractivity contribution in [1.29, 1.82) is 0 Å². The van der Waals surface area contributed by atoms with Crippen molar-refractivity contribution in [2.45, 2.75) is 58.0 Å². The fourth-order valence-corrected chi connectivity index (χ4v) is 2.55. The van der Waals surface area contributed by atoms with Crippen molar-refractivity contribution >= 4 is 0 Å². The fourth-order valence-electron chi connectivity index (χ4n) is 2.55. The van der Waals surface area contributed by atoms with E-state index in [0.29, 0.717) is 6.10 Å². The predicted octanol–water partition coefficient (Wildman–Crippen LogP) is 2.97. The van der Waals surface area contributed by atoms with Gasteiger partial charge in [-0.15, -0.1) is 0 Å². The Hall–Kier alpha value is -0.0800. The Balaban J connectivity index is 2.04. The first kappa shape index (κ1) is 13.0. The standard InChI is InChI=1S/C13H27NO/c1-3-6-12(11-14-2)7-4-8-13-9-5-10-15-13/h12-14H,3-11H2,1-2H3. The topological polar surface area (TPSA) is 21.3 Å². The highest BCUT2D eigenvalue weighted by Gasteiger charge is 2.15. The molecule has 0 saturated carbocycles. The van der Waals surface area contributed by atoms with Crippen molar-refractivity contribution in [2.24, 2.45) is 5.92 Å². The quantitative estimate of drug-likeness (QED) is 0.669. The van der Waals surface area contributed by atoms with E-state index in [0.717, 1.165) is 12.5 Å². The van der Waals surface area contributed by atoms with Crippen LogP contribution in [-0.2, 0) is 4.74 Å². The summed E-state index contributed by atoms with van der Waals surface area (Å²) in [5, 5.41) is 3.30. The van der Waals surface area contributed by atoms with Gasteiger partial charge in [0.15, 0.2) is 0 Å². The van der Waals surface area contributed by atoms with Crippen molar-refractivity contribution in [3.05, 3.63) is 0 Å². The first-order valence-electron chi connectivity index (χ1n) is 6.63. The molecule has 0 radical (unpaired) electrons. The summed E-state index contributed by atoms with van der Waals surface area (Å²) in [6.45, 7) is 4.46. The molecule has 0 aromatic heterocycles. The van der Waals surface area contributed by atoms with Crippen LogP contribution in [-0.4, -0.2) is 26.3 Å². The van der Waals surface area contributed by atoms with E-state index in [1.54, 1.807) is 0 Å². The molecule has 2 atom stereocenters. The van der Waals surface area contributed by atoms with Gasteiger partial charge in [0.25, 0.3) is 0 Å². The highest BCUT2D eigenvalue weighted by molar-refractivity contribution is 4.67. The van der Waals surface area contributed by atoms with Gasteiger partial charge in [-0.3, -0.25) is 0 Å². The normalized spacial score (nSPS) is 23.2. The molecule has 2 unspecified atom stereocenters. The van der Waals surface area contributed by atoms with Gasteiger partial charge in [0.05, 0.1) is 6.10 Å². The number of nitrogens with one attached hydrogen (secondary N) is 1. The van der Waals surface area contributed by atoms with Crippen LogP contribution >= 0.6 is 0 Å². The SMILES string of the molecule is CCCC(CCCC1CCCO1)CNC. The largest absolute Gasteiger partial charge is 0.378 e. The van der Waals surface area contributed by atoms with E-state index in [2.05, 4.69) is 19.3 Å². The zero-order valence-corrected chi connectivity index (χ0v) is 10.4. The maximum Gasteiger partial charge on any atom is 0.0576 e. The van der Waals surface area contributed by atoms with Crippen LogP contribution in [0, 0.1) is 5.92 Å². The average molecular weight is 213 g/mol. The van der Waals surface area contributed by atoms with E-state index in [1.165, 1.54) is 51.5 Å². The molecule has 0 bridgehead atoms. The highest BCUT2D eigenvalue weighted by Crippen LogP contribution is 2.20. The lowest BCUT2D eigenvalue weighted by Crippen LogP contribution is -2.19. The molecule has 1 fully saturated rings. The predicted molar refractivity (Wildman–Crippen MR) is 65.1 cm³/mol. The zero-order valence-electron chi connectivity index (χ0n) is 10.4. The van der Waals surface area contributed by atoms with Gasteiger partial charge in [-0.05, 0) is 51.6 Å².